The van der Waals surface area contributed by atoms with Gasteiger partial charge in [-0.25, -0.2) is 0 Å². The van der Waals surface area contributed by atoms with Crippen molar-refractivity contribution in [2.75, 3.05) is 13.1 Å². The average molecular weight is 213 g/mol. The minimum Gasteiger partial charge on any atom is -0.374 e. The van der Waals surface area contributed by atoms with Crippen molar-refractivity contribution in [3.63, 3.8) is 0 Å². The average Bonchev–Trinajstić information content (AvgIpc) is 2.29. The molecule has 0 aromatic heterocycles. The summed E-state index contributed by atoms with van der Waals surface area (Å²) < 4.78 is 6.12. The normalized spacial score (nSPS) is 20.4. The molecule has 2 heteroatoms. The van der Waals surface area contributed by atoms with Crippen LogP contribution in [0.1, 0.15) is 58.8 Å². The number of hydrogen-bond acceptors (Lipinski definition) is 2. The fourth-order valence-corrected chi connectivity index (χ4v) is 2.20. The van der Waals surface area contributed by atoms with Crippen molar-refractivity contribution in [1.29, 1.82) is 0 Å². The number of ether oxygens (including phenoxy) is 1. The third-order valence-corrected chi connectivity index (χ3v) is 3.19. The fraction of sp³-hybridized carbons (Fsp3) is 1.00. The molecule has 1 saturated carbocycles. The van der Waals surface area contributed by atoms with Crippen molar-refractivity contribution in [3.05, 3.63) is 0 Å². The van der Waals surface area contributed by atoms with E-state index in [1.165, 1.54) is 38.5 Å². The zero-order valence-electron chi connectivity index (χ0n) is 10.4. The number of rotatable bonds is 7. The number of hydrogen-bond donors (Lipinski definition) is 1. The Morgan fingerprint density at radius 3 is 2.53 bits per heavy atom. The van der Waals surface area contributed by atoms with Gasteiger partial charge < -0.3 is 10.1 Å². The summed E-state index contributed by atoms with van der Waals surface area (Å²) in [7, 11) is 0. The van der Waals surface area contributed by atoms with Crippen LogP contribution in [0.25, 0.3) is 0 Å². The van der Waals surface area contributed by atoms with E-state index < -0.39 is 0 Å². The van der Waals surface area contributed by atoms with Gasteiger partial charge in [-0.15, -0.1) is 0 Å². The standard InChI is InChI=1S/C13H27NO/c1-3-10-14-11-12(4-2)15-13-8-6-5-7-9-13/h12-14H,3-11H2,1-2H3. The summed E-state index contributed by atoms with van der Waals surface area (Å²) in [5.74, 6) is 0. The third-order valence-electron chi connectivity index (χ3n) is 3.19. The molecule has 1 N–H and O–H groups in total. The molecule has 1 fully saturated rings. The van der Waals surface area contributed by atoms with Crippen molar-refractivity contribution in [2.45, 2.75) is 71.0 Å². The van der Waals surface area contributed by atoms with Crippen LogP contribution >= 0.6 is 0 Å². The first-order valence-corrected chi connectivity index (χ1v) is 6.73. The molecule has 0 heterocycles. The van der Waals surface area contributed by atoms with E-state index in [2.05, 4.69) is 19.2 Å². The van der Waals surface area contributed by atoms with Gasteiger partial charge in [0.15, 0.2) is 0 Å². The maximum absolute atomic E-state index is 6.12. The van der Waals surface area contributed by atoms with Crippen molar-refractivity contribution in [1.82, 2.24) is 5.32 Å². The zero-order chi connectivity index (χ0) is 10.9. The topological polar surface area (TPSA) is 21.3 Å². The van der Waals surface area contributed by atoms with E-state index in [1.54, 1.807) is 0 Å². The molecule has 1 unspecified atom stereocenters. The maximum Gasteiger partial charge on any atom is 0.0700 e. The van der Waals surface area contributed by atoms with Crippen LogP contribution in [0.5, 0.6) is 0 Å². The first-order chi connectivity index (χ1) is 7.36. The molecule has 0 radical (unpaired) electrons. The first kappa shape index (κ1) is 13.0. The van der Waals surface area contributed by atoms with E-state index in [-0.39, 0.29) is 0 Å². The quantitative estimate of drug-likeness (QED) is 0.656. The SMILES string of the molecule is CCCNCC(CC)OC1CCCCC1. The van der Waals surface area contributed by atoms with E-state index in [0.717, 1.165) is 19.5 Å². The second-order valence-electron chi connectivity index (χ2n) is 4.63. The van der Waals surface area contributed by atoms with Gasteiger partial charge in [-0.1, -0.05) is 33.1 Å². The monoisotopic (exact) mass is 213 g/mol. The first-order valence-electron chi connectivity index (χ1n) is 6.73. The van der Waals surface area contributed by atoms with Crippen LogP contribution in [0.4, 0.5) is 0 Å². The highest BCUT2D eigenvalue weighted by Gasteiger charge is 2.17. The molecule has 1 aliphatic carbocycles. The fourth-order valence-electron chi connectivity index (χ4n) is 2.20. The minimum absolute atomic E-state index is 0.430. The molecule has 1 rings (SSSR count). The molecule has 0 aromatic carbocycles. The molecule has 2 nitrogen and oxygen atoms in total. The van der Waals surface area contributed by atoms with Crippen LogP contribution in [0.2, 0.25) is 0 Å². The zero-order valence-corrected chi connectivity index (χ0v) is 10.4. The predicted octanol–water partition coefficient (Wildman–Crippen LogP) is 3.11. The largest absolute Gasteiger partial charge is 0.374 e. The lowest BCUT2D eigenvalue weighted by molar-refractivity contribution is -0.0301. The Hall–Kier alpha value is -0.0800. The van der Waals surface area contributed by atoms with Gasteiger partial charge in [-0.3, -0.25) is 0 Å². The van der Waals surface area contributed by atoms with Crippen LogP contribution in [0.3, 0.4) is 0 Å². The van der Waals surface area contributed by atoms with E-state index in [1.807, 2.05) is 0 Å². The molecule has 1 atom stereocenters. The Kier molecular flexibility index (Phi) is 7.03. The van der Waals surface area contributed by atoms with Crippen LogP contribution in [-0.4, -0.2) is 25.3 Å². The van der Waals surface area contributed by atoms with E-state index >= 15 is 0 Å². The summed E-state index contributed by atoms with van der Waals surface area (Å²) in [6.07, 6.45) is 10.0. The second kappa shape index (κ2) is 8.12. The summed E-state index contributed by atoms with van der Waals surface area (Å²) >= 11 is 0. The van der Waals surface area contributed by atoms with Crippen molar-refractivity contribution >= 4 is 0 Å². The molecule has 90 valence electrons. The highest BCUT2D eigenvalue weighted by Crippen LogP contribution is 2.21. The summed E-state index contributed by atoms with van der Waals surface area (Å²) in [5.41, 5.74) is 0. The molecule has 0 saturated heterocycles. The molecular formula is C13H27NO. The van der Waals surface area contributed by atoms with E-state index in [0.29, 0.717) is 12.2 Å². The molecule has 1 aliphatic rings. The lowest BCUT2D eigenvalue weighted by Gasteiger charge is -2.27. The Morgan fingerprint density at radius 1 is 1.20 bits per heavy atom. The molecule has 0 amide bonds. The van der Waals surface area contributed by atoms with Crippen molar-refractivity contribution in [2.24, 2.45) is 0 Å². The predicted molar refractivity (Wildman–Crippen MR) is 65.2 cm³/mol. The van der Waals surface area contributed by atoms with Crippen LogP contribution in [0, 0.1) is 0 Å². The Balaban J connectivity index is 2.13. The lowest BCUT2D eigenvalue weighted by Crippen LogP contribution is -2.33. The van der Waals surface area contributed by atoms with Crippen LogP contribution < -0.4 is 5.32 Å². The number of nitrogens with one attached hydrogen (secondary N) is 1. The molecule has 0 aliphatic heterocycles. The summed E-state index contributed by atoms with van der Waals surface area (Å²) in [4.78, 5) is 0. The van der Waals surface area contributed by atoms with Gasteiger partial charge in [0.1, 0.15) is 0 Å². The van der Waals surface area contributed by atoms with Gasteiger partial charge in [0.25, 0.3) is 0 Å². The molecule has 0 spiro atoms. The van der Waals surface area contributed by atoms with Gasteiger partial charge >= 0.3 is 0 Å². The maximum atomic E-state index is 6.12. The highest BCUT2D eigenvalue weighted by molar-refractivity contribution is 4.69. The van der Waals surface area contributed by atoms with Gasteiger partial charge in [-0.05, 0) is 32.2 Å². The molecular weight excluding hydrogens is 186 g/mol. The molecule has 15 heavy (non-hydrogen) atoms. The van der Waals surface area contributed by atoms with Crippen molar-refractivity contribution in [3.8, 4) is 0 Å². The lowest BCUT2D eigenvalue weighted by atomic mass is 9.97. The Morgan fingerprint density at radius 2 is 1.93 bits per heavy atom. The summed E-state index contributed by atoms with van der Waals surface area (Å²) in [5, 5.41) is 3.45. The van der Waals surface area contributed by atoms with Gasteiger partial charge in [-0.2, -0.15) is 0 Å². The second-order valence-corrected chi connectivity index (χ2v) is 4.63. The van der Waals surface area contributed by atoms with Crippen LogP contribution in [0.15, 0.2) is 0 Å². The van der Waals surface area contributed by atoms with E-state index in [4.69, 9.17) is 4.74 Å². The Labute approximate surface area is 94.8 Å². The van der Waals surface area contributed by atoms with Gasteiger partial charge in [0.05, 0.1) is 12.2 Å². The molecule has 0 aromatic rings. The van der Waals surface area contributed by atoms with Gasteiger partial charge in [0.2, 0.25) is 0 Å². The molecule has 0 bridgehead atoms. The van der Waals surface area contributed by atoms with E-state index in [9.17, 15) is 0 Å². The highest BCUT2D eigenvalue weighted by atomic mass is 16.5. The van der Waals surface area contributed by atoms with Crippen LogP contribution in [-0.2, 0) is 4.74 Å². The van der Waals surface area contributed by atoms with Crippen molar-refractivity contribution < 1.29 is 4.74 Å². The smallest absolute Gasteiger partial charge is 0.0700 e. The van der Waals surface area contributed by atoms with Gasteiger partial charge in [0, 0.05) is 6.54 Å². The summed E-state index contributed by atoms with van der Waals surface area (Å²) in [6.45, 7) is 6.57. The summed E-state index contributed by atoms with van der Waals surface area (Å²) in [6, 6.07) is 0. The minimum atomic E-state index is 0.430. The Bertz CT molecular complexity index is 143. The third kappa shape index (κ3) is 5.53.